The lowest BCUT2D eigenvalue weighted by atomic mass is 10.2. The molecule has 0 aliphatic rings. The van der Waals surface area contributed by atoms with Crippen LogP contribution in [0, 0.1) is 5.82 Å². The highest BCUT2D eigenvalue weighted by atomic mass is 19.1. The van der Waals surface area contributed by atoms with Crippen LogP contribution >= 0.6 is 0 Å². The molecule has 0 bridgehead atoms. The fourth-order valence-electron chi connectivity index (χ4n) is 1.41. The van der Waals surface area contributed by atoms with Gasteiger partial charge in [-0.2, -0.15) is 0 Å². The molecule has 0 atom stereocenters. The normalized spacial score (nSPS) is 10.2. The summed E-state index contributed by atoms with van der Waals surface area (Å²) in [6.07, 6.45) is 2.18. The highest BCUT2D eigenvalue weighted by Gasteiger charge is 2.14. The van der Waals surface area contributed by atoms with Crippen LogP contribution in [0.5, 0.6) is 5.75 Å². The molecule has 0 saturated carbocycles. The van der Waals surface area contributed by atoms with Gasteiger partial charge in [0.05, 0.1) is 5.69 Å². The van der Waals surface area contributed by atoms with E-state index in [-0.39, 0.29) is 11.7 Å². The zero-order chi connectivity index (χ0) is 12.1. The first-order valence-electron chi connectivity index (χ1n) is 5.31. The van der Waals surface area contributed by atoms with E-state index >= 15 is 0 Å². The van der Waals surface area contributed by atoms with Gasteiger partial charge < -0.3 is 10.0 Å². The van der Waals surface area contributed by atoms with Crippen LogP contribution in [0.2, 0.25) is 0 Å². The number of anilines is 1. The number of phenols is 1. The third-order valence-electron chi connectivity index (χ3n) is 2.42. The Labute approximate surface area is 94.5 Å². The summed E-state index contributed by atoms with van der Waals surface area (Å²) in [6.45, 7) is 2.00. The number of benzene rings is 1. The van der Waals surface area contributed by atoms with Gasteiger partial charge in [0.2, 0.25) is 5.91 Å². The van der Waals surface area contributed by atoms with Crippen molar-refractivity contribution in [1.29, 1.82) is 0 Å². The summed E-state index contributed by atoms with van der Waals surface area (Å²) in [4.78, 5) is 13.0. The van der Waals surface area contributed by atoms with Crippen LogP contribution < -0.4 is 4.90 Å². The number of aromatic hydroxyl groups is 1. The van der Waals surface area contributed by atoms with Crippen molar-refractivity contribution in [3.05, 3.63) is 24.0 Å². The maximum atomic E-state index is 12.8. The van der Waals surface area contributed by atoms with Gasteiger partial charge in [0, 0.05) is 19.5 Å². The van der Waals surface area contributed by atoms with Crippen LogP contribution in [0.4, 0.5) is 10.1 Å². The lowest BCUT2D eigenvalue weighted by Gasteiger charge is -2.18. The summed E-state index contributed by atoms with van der Waals surface area (Å²) in [5.41, 5.74) is 0.336. The number of unbranched alkanes of at least 4 members (excludes halogenated alkanes) is 1. The molecule has 1 rings (SSSR count). The molecule has 4 heteroatoms. The summed E-state index contributed by atoms with van der Waals surface area (Å²) in [7, 11) is 1.57. The second-order valence-electron chi connectivity index (χ2n) is 3.69. The molecular weight excluding hydrogens is 209 g/mol. The van der Waals surface area contributed by atoms with Gasteiger partial charge in [-0.15, -0.1) is 0 Å². The smallest absolute Gasteiger partial charge is 0.226 e. The van der Waals surface area contributed by atoms with E-state index in [0.29, 0.717) is 12.1 Å². The molecule has 0 aromatic heterocycles. The van der Waals surface area contributed by atoms with E-state index in [9.17, 15) is 14.3 Å². The molecule has 0 heterocycles. The molecule has 88 valence electrons. The van der Waals surface area contributed by atoms with Crippen LogP contribution in [0.3, 0.4) is 0 Å². The van der Waals surface area contributed by atoms with E-state index in [1.165, 1.54) is 17.0 Å². The van der Waals surface area contributed by atoms with E-state index in [4.69, 9.17) is 0 Å². The van der Waals surface area contributed by atoms with Gasteiger partial charge in [0.15, 0.2) is 0 Å². The number of amides is 1. The SMILES string of the molecule is CCCCC(=O)N(C)c1ccc(F)cc1O. The molecular formula is C12H16FNO2. The van der Waals surface area contributed by atoms with Crippen LogP contribution in [-0.4, -0.2) is 18.1 Å². The zero-order valence-electron chi connectivity index (χ0n) is 9.53. The number of carbonyl (C=O) groups excluding carboxylic acids is 1. The molecule has 0 unspecified atom stereocenters. The first-order valence-corrected chi connectivity index (χ1v) is 5.31. The van der Waals surface area contributed by atoms with Crippen molar-refractivity contribution in [3.8, 4) is 5.75 Å². The van der Waals surface area contributed by atoms with E-state index < -0.39 is 5.82 Å². The number of phenolic OH excluding ortho intramolecular Hbond substituents is 1. The fourth-order valence-corrected chi connectivity index (χ4v) is 1.41. The van der Waals surface area contributed by atoms with Crippen molar-refractivity contribution in [2.45, 2.75) is 26.2 Å². The zero-order valence-corrected chi connectivity index (χ0v) is 9.53. The molecule has 0 aliphatic heterocycles. The molecule has 0 aliphatic carbocycles. The Bertz CT molecular complexity index is 379. The van der Waals surface area contributed by atoms with Gasteiger partial charge >= 0.3 is 0 Å². The molecule has 0 fully saturated rings. The Hall–Kier alpha value is -1.58. The molecule has 0 spiro atoms. The second-order valence-corrected chi connectivity index (χ2v) is 3.69. The van der Waals surface area contributed by atoms with Crippen LogP contribution in [0.15, 0.2) is 18.2 Å². The van der Waals surface area contributed by atoms with Crippen molar-refractivity contribution in [2.75, 3.05) is 11.9 Å². The van der Waals surface area contributed by atoms with Gasteiger partial charge in [-0.25, -0.2) is 4.39 Å². The van der Waals surface area contributed by atoms with Crippen molar-refractivity contribution >= 4 is 11.6 Å². The number of hydrogen-bond donors (Lipinski definition) is 1. The topological polar surface area (TPSA) is 40.5 Å². The highest BCUT2D eigenvalue weighted by molar-refractivity contribution is 5.94. The molecule has 3 nitrogen and oxygen atoms in total. The van der Waals surface area contributed by atoms with Gasteiger partial charge in [-0.1, -0.05) is 13.3 Å². The maximum absolute atomic E-state index is 12.8. The predicted octanol–water partition coefficient (Wildman–Crippen LogP) is 2.68. The molecule has 0 radical (unpaired) electrons. The Kier molecular flexibility index (Phi) is 4.28. The summed E-state index contributed by atoms with van der Waals surface area (Å²) in [5.74, 6) is -0.813. The standard InChI is InChI=1S/C12H16FNO2/c1-3-4-5-12(16)14(2)10-7-6-9(13)8-11(10)15/h6-8,15H,3-5H2,1-2H3. The third-order valence-corrected chi connectivity index (χ3v) is 2.42. The number of hydrogen-bond acceptors (Lipinski definition) is 2. The van der Waals surface area contributed by atoms with Crippen LogP contribution in [-0.2, 0) is 4.79 Å². The summed E-state index contributed by atoms with van der Waals surface area (Å²) in [5, 5.41) is 9.50. The van der Waals surface area contributed by atoms with E-state index in [2.05, 4.69) is 0 Å². The van der Waals surface area contributed by atoms with Gasteiger partial charge in [0.25, 0.3) is 0 Å². The van der Waals surface area contributed by atoms with Crippen molar-refractivity contribution in [1.82, 2.24) is 0 Å². The van der Waals surface area contributed by atoms with Crippen molar-refractivity contribution in [3.63, 3.8) is 0 Å². The molecule has 16 heavy (non-hydrogen) atoms. The van der Waals surface area contributed by atoms with Gasteiger partial charge in [0.1, 0.15) is 11.6 Å². The number of carbonyl (C=O) groups is 1. The summed E-state index contributed by atoms with van der Waals surface area (Å²) in [6, 6.07) is 3.62. The fraction of sp³-hybridized carbons (Fsp3) is 0.417. The van der Waals surface area contributed by atoms with Gasteiger partial charge in [-0.3, -0.25) is 4.79 Å². The first-order chi connectivity index (χ1) is 7.56. The van der Waals surface area contributed by atoms with E-state index in [1.54, 1.807) is 7.05 Å². The van der Waals surface area contributed by atoms with Crippen molar-refractivity contribution in [2.24, 2.45) is 0 Å². The van der Waals surface area contributed by atoms with E-state index in [1.807, 2.05) is 6.92 Å². The number of nitrogens with zero attached hydrogens (tertiary/aromatic N) is 1. The maximum Gasteiger partial charge on any atom is 0.226 e. The largest absolute Gasteiger partial charge is 0.506 e. The molecule has 1 amide bonds. The number of halogens is 1. The Morgan fingerprint density at radius 1 is 1.50 bits per heavy atom. The first kappa shape index (κ1) is 12.5. The minimum Gasteiger partial charge on any atom is -0.506 e. The van der Waals surface area contributed by atoms with Gasteiger partial charge in [-0.05, 0) is 18.6 Å². The molecule has 1 aromatic rings. The monoisotopic (exact) mass is 225 g/mol. The van der Waals surface area contributed by atoms with E-state index in [0.717, 1.165) is 18.9 Å². The van der Waals surface area contributed by atoms with Crippen molar-refractivity contribution < 1.29 is 14.3 Å². The Balaban J connectivity index is 2.79. The quantitative estimate of drug-likeness (QED) is 0.855. The second kappa shape index (κ2) is 5.49. The lowest BCUT2D eigenvalue weighted by Crippen LogP contribution is -2.25. The molecule has 1 N–H and O–H groups in total. The average molecular weight is 225 g/mol. The predicted molar refractivity (Wildman–Crippen MR) is 61.0 cm³/mol. The molecule has 1 aromatic carbocycles. The minimum atomic E-state index is -0.518. The summed E-state index contributed by atoms with van der Waals surface area (Å²) >= 11 is 0. The Morgan fingerprint density at radius 3 is 2.75 bits per heavy atom. The minimum absolute atomic E-state index is 0.0799. The summed E-state index contributed by atoms with van der Waals surface area (Å²) < 4.78 is 12.8. The average Bonchev–Trinajstić information content (AvgIpc) is 2.25. The Morgan fingerprint density at radius 2 is 2.19 bits per heavy atom. The third kappa shape index (κ3) is 2.95. The molecule has 0 saturated heterocycles. The van der Waals surface area contributed by atoms with Crippen LogP contribution in [0.25, 0.3) is 0 Å². The van der Waals surface area contributed by atoms with Crippen LogP contribution in [0.1, 0.15) is 26.2 Å². The number of rotatable bonds is 4. The highest BCUT2D eigenvalue weighted by Crippen LogP contribution is 2.27. The lowest BCUT2D eigenvalue weighted by molar-refractivity contribution is -0.118.